The molecule has 0 unspecified atom stereocenters. The first-order valence-corrected chi connectivity index (χ1v) is 6.64. The van der Waals surface area contributed by atoms with Gasteiger partial charge in [0.1, 0.15) is 5.82 Å². The van der Waals surface area contributed by atoms with Gasteiger partial charge in [-0.3, -0.25) is 4.79 Å². The third-order valence-electron chi connectivity index (χ3n) is 2.30. The first kappa shape index (κ1) is 13.4. The van der Waals surface area contributed by atoms with Crippen molar-refractivity contribution in [2.24, 2.45) is 0 Å². The summed E-state index contributed by atoms with van der Waals surface area (Å²) in [6.07, 6.45) is 0. The molecule has 0 atom stereocenters. The fourth-order valence-corrected chi connectivity index (χ4v) is 1.98. The Bertz CT molecular complexity index is 586. The van der Waals surface area contributed by atoms with Crippen LogP contribution in [-0.2, 0) is 0 Å². The van der Waals surface area contributed by atoms with Crippen LogP contribution in [-0.4, -0.2) is 5.91 Å². The molecule has 2 rings (SSSR count). The molecule has 0 aliphatic heterocycles. The molecule has 5 heteroatoms. The van der Waals surface area contributed by atoms with Crippen molar-refractivity contribution in [3.8, 4) is 0 Å². The van der Waals surface area contributed by atoms with Gasteiger partial charge in [0.15, 0.2) is 0 Å². The Balaban J connectivity index is 2.21. The van der Waals surface area contributed by atoms with Crippen molar-refractivity contribution < 1.29 is 9.18 Å². The molecule has 0 heterocycles. The molecular formula is C13H9FINOS. The molecule has 0 bridgehead atoms. The van der Waals surface area contributed by atoms with Crippen molar-refractivity contribution in [2.75, 3.05) is 5.32 Å². The van der Waals surface area contributed by atoms with Gasteiger partial charge in [-0.2, -0.15) is 0 Å². The Morgan fingerprint density at radius 3 is 2.50 bits per heavy atom. The second kappa shape index (κ2) is 5.71. The maximum atomic E-state index is 13.5. The zero-order valence-corrected chi connectivity index (χ0v) is 12.2. The Morgan fingerprint density at radius 1 is 1.17 bits per heavy atom. The molecule has 0 aliphatic carbocycles. The number of halogens is 2. The van der Waals surface area contributed by atoms with Crippen LogP contribution in [0.15, 0.2) is 47.4 Å². The smallest absolute Gasteiger partial charge is 0.258 e. The largest absolute Gasteiger partial charge is 0.322 e. The summed E-state index contributed by atoms with van der Waals surface area (Å²) >= 11 is 6.26. The minimum Gasteiger partial charge on any atom is -0.322 e. The monoisotopic (exact) mass is 373 g/mol. The van der Waals surface area contributed by atoms with Crippen LogP contribution < -0.4 is 5.32 Å². The highest BCUT2D eigenvalue weighted by Crippen LogP contribution is 2.16. The van der Waals surface area contributed by atoms with Crippen molar-refractivity contribution in [2.45, 2.75) is 4.90 Å². The number of nitrogens with one attached hydrogen (secondary N) is 1. The number of carbonyl (C=O) groups is 1. The number of anilines is 1. The van der Waals surface area contributed by atoms with Crippen LogP contribution in [0.1, 0.15) is 10.4 Å². The number of rotatable bonds is 2. The molecule has 18 heavy (non-hydrogen) atoms. The van der Waals surface area contributed by atoms with Crippen LogP contribution in [0.25, 0.3) is 0 Å². The average molecular weight is 373 g/mol. The number of amides is 1. The zero-order chi connectivity index (χ0) is 13.1. The molecule has 1 N–H and O–H groups in total. The van der Waals surface area contributed by atoms with E-state index in [1.165, 1.54) is 18.2 Å². The summed E-state index contributed by atoms with van der Waals surface area (Å²) < 4.78 is 14.6. The molecule has 0 saturated heterocycles. The molecular weight excluding hydrogens is 364 g/mol. The van der Waals surface area contributed by atoms with Gasteiger partial charge in [0.25, 0.3) is 5.91 Å². The van der Waals surface area contributed by atoms with E-state index in [1.807, 2.05) is 12.1 Å². The normalized spacial score (nSPS) is 10.2. The number of hydrogen-bond donors (Lipinski definition) is 2. The predicted octanol–water partition coefficient (Wildman–Crippen LogP) is 3.97. The van der Waals surface area contributed by atoms with Crippen LogP contribution in [0.2, 0.25) is 0 Å². The van der Waals surface area contributed by atoms with Gasteiger partial charge in [0.05, 0.1) is 5.56 Å². The summed E-state index contributed by atoms with van der Waals surface area (Å²) in [5.74, 6) is -1.04. The standard InChI is InChI=1S/C13H9FINOS/c14-12-6-5-10(18)7-11(12)13(17)16-9-3-1-8(15)2-4-9/h1-7,18H,(H,16,17). The van der Waals surface area contributed by atoms with Crippen molar-refractivity contribution in [3.63, 3.8) is 0 Å². The summed E-state index contributed by atoms with van der Waals surface area (Å²) in [6.45, 7) is 0. The summed E-state index contributed by atoms with van der Waals surface area (Å²) in [4.78, 5) is 12.4. The van der Waals surface area contributed by atoms with Crippen molar-refractivity contribution in [3.05, 3.63) is 57.4 Å². The highest BCUT2D eigenvalue weighted by molar-refractivity contribution is 14.1. The minimum atomic E-state index is -0.559. The van der Waals surface area contributed by atoms with Crippen molar-refractivity contribution in [1.29, 1.82) is 0 Å². The Morgan fingerprint density at radius 2 is 1.83 bits per heavy atom. The summed E-state index contributed by atoms with van der Waals surface area (Å²) in [6, 6.07) is 11.4. The van der Waals surface area contributed by atoms with E-state index < -0.39 is 11.7 Å². The third-order valence-corrected chi connectivity index (χ3v) is 3.29. The van der Waals surface area contributed by atoms with E-state index in [9.17, 15) is 9.18 Å². The number of thiol groups is 1. The van der Waals surface area contributed by atoms with Crippen LogP contribution in [0, 0.1) is 9.39 Å². The molecule has 0 fully saturated rings. The van der Waals surface area contributed by atoms with Crippen LogP contribution in [0.3, 0.4) is 0 Å². The Kier molecular flexibility index (Phi) is 4.23. The van der Waals surface area contributed by atoms with Crippen LogP contribution in [0.5, 0.6) is 0 Å². The molecule has 2 nitrogen and oxygen atoms in total. The van der Waals surface area contributed by atoms with E-state index in [1.54, 1.807) is 12.1 Å². The SMILES string of the molecule is O=C(Nc1ccc(I)cc1)c1cc(S)ccc1F. The molecule has 2 aromatic carbocycles. The van der Waals surface area contributed by atoms with Gasteiger partial charge in [-0.15, -0.1) is 12.6 Å². The summed E-state index contributed by atoms with van der Waals surface area (Å²) in [5, 5.41) is 2.64. The van der Waals surface area contributed by atoms with Gasteiger partial charge in [-0.1, -0.05) is 0 Å². The van der Waals surface area contributed by atoms with Gasteiger partial charge in [-0.25, -0.2) is 4.39 Å². The van der Waals surface area contributed by atoms with Gasteiger partial charge in [0.2, 0.25) is 0 Å². The van der Waals surface area contributed by atoms with E-state index >= 15 is 0 Å². The molecule has 0 radical (unpaired) electrons. The van der Waals surface area contributed by atoms with Crippen LogP contribution >= 0.6 is 35.2 Å². The second-order valence-electron chi connectivity index (χ2n) is 3.63. The van der Waals surface area contributed by atoms with E-state index in [-0.39, 0.29) is 5.56 Å². The minimum absolute atomic E-state index is 0.0129. The summed E-state index contributed by atoms with van der Waals surface area (Å²) in [5.41, 5.74) is 0.616. The van der Waals surface area contributed by atoms with E-state index in [0.717, 1.165) is 3.57 Å². The Hall–Kier alpha value is -1.08. The number of benzene rings is 2. The van der Waals surface area contributed by atoms with Crippen molar-refractivity contribution in [1.82, 2.24) is 0 Å². The topological polar surface area (TPSA) is 29.1 Å². The zero-order valence-electron chi connectivity index (χ0n) is 9.15. The first-order valence-electron chi connectivity index (χ1n) is 5.12. The molecule has 0 aliphatic rings. The maximum absolute atomic E-state index is 13.5. The molecule has 2 aromatic rings. The fraction of sp³-hybridized carbons (Fsp3) is 0. The number of carbonyl (C=O) groups excluding carboxylic acids is 1. The number of hydrogen-bond acceptors (Lipinski definition) is 2. The molecule has 0 spiro atoms. The van der Waals surface area contributed by atoms with Gasteiger partial charge in [-0.05, 0) is 65.1 Å². The Labute approximate surface area is 123 Å². The molecule has 92 valence electrons. The van der Waals surface area contributed by atoms with Gasteiger partial charge < -0.3 is 5.32 Å². The van der Waals surface area contributed by atoms with E-state index in [2.05, 4.69) is 40.5 Å². The third kappa shape index (κ3) is 3.23. The maximum Gasteiger partial charge on any atom is 0.258 e. The fourth-order valence-electron chi connectivity index (χ4n) is 1.42. The van der Waals surface area contributed by atoms with Crippen molar-refractivity contribution >= 4 is 46.8 Å². The predicted molar refractivity (Wildman–Crippen MR) is 80.8 cm³/mol. The summed E-state index contributed by atoms with van der Waals surface area (Å²) in [7, 11) is 0. The molecule has 0 aromatic heterocycles. The van der Waals surface area contributed by atoms with E-state index in [0.29, 0.717) is 10.6 Å². The van der Waals surface area contributed by atoms with E-state index in [4.69, 9.17) is 0 Å². The highest BCUT2D eigenvalue weighted by atomic mass is 127. The average Bonchev–Trinajstić information content (AvgIpc) is 2.35. The van der Waals surface area contributed by atoms with Gasteiger partial charge in [0, 0.05) is 14.2 Å². The van der Waals surface area contributed by atoms with Gasteiger partial charge >= 0.3 is 0 Å². The lowest BCUT2D eigenvalue weighted by atomic mass is 10.2. The lowest BCUT2D eigenvalue weighted by Crippen LogP contribution is -2.13. The second-order valence-corrected chi connectivity index (χ2v) is 5.39. The lowest BCUT2D eigenvalue weighted by Gasteiger charge is -2.06. The highest BCUT2D eigenvalue weighted by Gasteiger charge is 2.12. The molecule has 1 amide bonds. The lowest BCUT2D eigenvalue weighted by molar-refractivity contribution is 0.102. The molecule has 0 saturated carbocycles. The van der Waals surface area contributed by atoms with Crippen LogP contribution in [0.4, 0.5) is 10.1 Å². The first-order chi connectivity index (χ1) is 8.56. The quantitative estimate of drug-likeness (QED) is 0.606.